The van der Waals surface area contributed by atoms with Gasteiger partial charge in [-0.15, -0.1) is 0 Å². The molecule has 0 saturated carbocycles. The zero-order valence-electron chi connectivity index (χ0n) is 24.0. The van der Waals surface area contributed by atoms with Crippen LogP contribution < -0.4 is 19.1 Å². The molecule has 0 bridgehead atoms. The number of sulfonamides is 1. The summed E-state index contributed by atoms with van der Waals surface area (Å²) in [7, 11) is -1.41. The maximum atomic E-state index is 14.6. The summed E-state index contributed by atoms with van der Waals surface area (Å²) >= 11 is 0. The highest BCUT2D eigenvalue weighted by atomic mass is 32.2. The van der Waals surface area contributed by atoms with Crippen molar-refractivity contribution in [2.75, 3.05) is 25.1 Å². The van der Waals surface area contributed by atoms with Gasteiger partial charge in [-0.1, -0.05) is 35.9 Å². The number of carbonyl (C=O) groups is 2. The third-order valence-electron chi connectivity index (χ3n) is 6.44. The number of benzene rings is 3. The van der Waals surface area contributed by atoms with E-state index in [9.17, 15) is 22.4 Å². The van der Waals surface area contributed by atoms with Gasteiger partial charge in [0.1, 0.15) is 18.4 Å². The fourth-order valence-corrected chi connectivity index (χ4v) is 5.55. The van der Waals surface area contributed by atoms with Gasteiger partial charge in [0.15, 0.2) is 11.5 Å². The van der Waals surface area contributed by atoms with Crippen LogP contribution in [0.2, 0.25) is 0 Å². The van der Waals surface area contributed by atoms with Gasteiger partial charge in [-0.25, -0.2) is 12.8 Å². The Morgan fingerprint density at radius 1 is 0.927 bits per heavy atom. The SMILES string of the molecule is COc1ccc(N(CC(=O)N(Cc2ccccc2F)[C@@H](C)C(=O)NC(C)C)S(=O)(=O)c2ccc(C)cc2)cc1OC. The summed E-state index contributed by atoms with van der Waals surface area (Å²) in [5.74, 6) is -1.08. The predicted molar refractivity (Wildman–Crippen MR) is 155 cm³/mol. The van der Waals surface area contributed by atoms with Gasteiger partial charge in [-0.2, -0.15) is 0 Å². The molecule has 1 N–H and O–H groups in total. The molecule has 41 heavy (non-hydrogen) atoms. The number of amides is 2. The van der Waals surface area contributed by atoms with Crippen LogP contribution in [0.4, 0.5) is 10.1 Å². The van der Waals surface area contributed by atoms with Crippen LogP contribution in [0, 0.1) is 12.7 Å². The third-order valence-corrected chi connectivity index (χ3v) is 8.23. The Morgan fingerprint density at radius 2 is 1.56 bits per heavy atom. The first-order valence-electron chi connectivity index (χ1n) is 13.0. The second-order valence-electron chi connectivity index (χ2n) is 9.82. The van der Waals surface area contributed by atoms with Crippen molar-refractivity contribution in [3.63, 3.8) is 0 Å². The number of ether oxygens (including phenoxy) is 2. The number of aryl methyl sites for hydroxylation is 1. The summed E-state index contributed by atoms with van der Waals surface area (Å²) in [5, 5.41) is 2.76. The van der Waals surface area contributed by atoms with Gasteiger partial charge in [-0.05, 0) is 58.0 Å². The minimum atomic E-state index is -4.28. The third kappa shape index (κ3) is 7.55. The number of carbonyl (C=O) groups excluding carboxylic acids is 2. The lowest BCUT2D eigenvalue weighted by atomic mass is 10.1. The van der Waals surface area contributed by atoms with E-state index in [1.807, 2.05) is 6.92 Å². The molecule has 0 fully saturated rings. The van der Waals surface area contributed by atoms with E-state index in [0.717, 1.165) is 9.87 Å². The van der Waals surface area contributed by atoms with E-state index < -0.39 is 40.2 Å². The molecule has 0 saturated heterocycles. The summed E-state index contributed by atoms with van der Waals surface area (Å²) in [4.78, 5) is 28.1. The number of anilines is 1. The second-order valence-corrected chi connectivity index (χ2v) is 11.7. The number of nitrogens with one attached hydrogen (secondary N) is 1. The standard InChI is InChI=1S/C30H36FN3O6S/c1-20(2)32-30(36)22(4)33(18-23-9-7-8-10-26(23)31)29(35)19-34(24-13-16-27(39-5)28(17-24)40-6)41(37,38)25-14-11-21(3)12-15-25/h7-17,20,22H,18-19H2,1-6H3,(H,32,36)/t22-/m0/s1. The fraction of sp³-hybridized carbons (Fsp3) is 0.333. The average molecular weight is 586 g/mol. The lowest BCUT2D eigenvalue weighted by Gasteiger charge is -2.32. The Kier molecular flexibility index (Phi) is 10.3. The highest BCUT2D eigenvalue weighted by molar-refractivity contribution is 7.92. The van der Waals surface area contributed by atoms with Crippen molar-refractivity contribution in [1.82, 2.24) is 10.2 Å². The summed E-state index contributed by atoms with van der Waals surface area (Å²) in [6.07, 6.45) is 0. The Balaban J connectivity index is 2.10. The molecular formula is C30H36FN3O6S. The second kappa shape index (κ2) is 13.5. The predicted octanol–water partition coefficient (Wildman–Crippen LogP) is 4.29. The lowest BCUT2D eigenvalue weighted by Crippen LogP contribution is -2.52. The first kappa shape index (κ1) is 31.4. The van der Waals surface area contributed by atoms with E-state index in [1.165, 1.54) is 74.6 Å². The molecule has 3 rings (SSSR count). The number of rotatable bonds is 12. The van der Waals surface area contributed by atoms with Crippen molar-refractivity contribution in [3.05, 3.63) is 83.7 Å². The smallest absolute Gasteiger partial charge is 0.264 e. The van der Waals surface area contributed by atoms with Crippen LogP contribution in [-0.2, 0) is 26.2 Å². The van der Waals surface area contributed by atoms with E-state index >= 15 is 0 Å². The zero-order valence-corrected chi connectivity index (χ0v) is 24.9. The van der Waals surface area contributed by atoms with Crippen molar-refractivity contribution < 1.29 is 31.9 Å². The van der Waals surface area contributed by atoms with Crippen molar-refractivity contribution in [2.45, 2.75) is 51.2 Å². The Morgan fingerprint density at radius 3 is 2.15 bits per heavy atom. The van der Waals surface area contributed by atoms with Crippen LogP contribution in [0.1, 0.15) is 31.9 Å². The molecule has 3 aromatic rings. The molecule has 0 radical (unpaired) electrons. The number of hydrogen-bond donors (Lipinski definition) is 1. The van der Waals surface area contributed by atoms with E-state index in [-0.39, 0.29) is 34.5 Å². The maximum Gasteiger partial charge on any atom is 0.264 e. The molecule has 220 valence electrons. The van der Waals surface area contributed by atoms with Crippen LogP contribution in [-0.4, -0.2) is 58.0 Å². The molecule has 0 aliphatic carbocycles. The topological polar surface area (TPSA) is 105 Å². The van der Waals surface area contributed by atoms with E-state index in [0.29, 0.717) is 5.75 Å². The molecule has 11 heteroatoms. The van der Waals surface area contributed by atoms with Gasteiger partial charge in [0.25, 0.3) is 10.0 Å². The Hall–Kier alpha value is -4.12. The number of halogens is 1. The summed E-state index contributed by atoms with van der Waals surface area (Å²) in [6, 6.07) is 15.4. The van der Waals surface area contributed by atoms with Gasteiger partial charge >= 0.3 is 0 Å². The normalized spacial score (nSPS) is 12.0. The van der Waals surface area contributed by atoms with Crippen molar-refractivity contribution >= 4 is 27.5 Å². The van der Waals surface area contributed by atoms with Crippen LogP contribution in [0.3, 0.4) is 0 Å². The van der Waals surface area contributed by atoms with Crippen molar-refractivity contribution in [3.8, 4) is 11.5 Å². The van der Waals surface area contributed by atoms with Gasteiger partial charge in [0.05, 0.1) is 24.8 Å². The first-order chi connectivity index (χ1) is 19.4. The molecular weight excluding hydrogens is 549 g/mol. The molecule has 2 amide bonds. The minimum absolute atomic E-state index is 0.0306. The van der Waals surface area contributed by atoms with Gasteiger partial charge in [-0.3, -0.25) is 13.9 Å². The van der Waals surface area contributed by atoms with Gasteiger partial charge in [0.2, 0.25) is 11.8 Å². The fourth-order valence-electron chi connectivity index (χ4n) is 4.14. The highest BCUT2D eigenvalue weighted by Crippen LogP contribution is 2.34. The van der Waals surface area contributed by atoms with E-state index in [1.54, 1.807) is 32.0 Å². The average Bonchev–Trinajstić information content (AvgIpc) is 2.94. The monoisotopic (exact) mass is 585 g/mol. The molecule has 0 heterocycles. The summed E-state index contributed by atoms with van der Waals surface area (Å²) in [5.41, 5.74) is 1.18. The lowest BCUT2D eigenvalue weighted by molar-refractivity contribution is -0.139. The Labute approximate surface area is 240 Å². The summed E-state index contributed by atoms with van der Waals surface area (Å²) in [6.45, 7) is 5.99. The first-order valence-corrected chi connectivity index (χ1v) is 14.5. The van der Waals surface area contributed by atoms with E-state index in [4.69, 9.17) is 9.47 Å². The van der Waals surface area contributed by atoms with Crippen LogP contribution in [0.25, 0.3) is 0 Å². The van der Waals surface area contributed by atoms with Crippen molar-refractivity contribution in [2.24, 2.45) is 0 Å². The number of nitrogens with zero attached hydrogens (tertiary/aromatic N) is 2. The van der Waals surface area contributed by atoms with Crippen molar-refractivity contribution in [1.29, 1.82) is 0 Å². The molecule has 9 nitrogen and oxygen atoms in total. The highest BCUT2D eigenvalue weighted by Gasteiger charge is 2.33. The molecule has 0 spiro atoms. The number of methoxy groups -OCH3 is 2. The number of hydrogen-bond acceptors (Lipinski definition) is 6. The largest absolute Gasteiger partial charge is 0.493 e. The molecule has 0 aromatic heterocycles. The van der Waals surface area contributed by atoms with Crippen LogP contribution >= 0.6 is 0 Å². The maximum absolute atomic E-state index is 14.6. The van der Waals surface area contributed by atoms with Crippen LogP contribution in [0.5, 0.6) is 11.5 Å². The zero-order chi connectivity index (χ0) is 30.3. The quantitative estimate of drug-likeness (QED) is 0.340. The van der Waals surface area contributed by atoms with Gasteiger partial charge in [0, 0.05) is 24.2 Å². The summed E-state index contributed by atoms with van der Waals surface area (Å²) < 4.78 is 54.2. The molecule has 0 aliphatic rings. The Bertz CT molecular complexity index is 1480. The molecule has 0 unspecified atom stereocenters. The minimum Gasteiger partial charge on any atom is -0.493 e. The van der Waals surface area contributed by atoms with Gasteiger partial charge < -0.3 is 19.7 Å². The molecule has 3 aromatic carbocycles. The molecule has 0 aliphatic heterocycles. The molecule has 1 atom stereocenters. The van der Waals surface area contributed by atoms with Crippen LogP contribution in [0.15, 0.2) is 71.6 Å². The van der Waals surface area contributed by atoms with E-state index in [2.05, 4.69) is 5.32 Å².